The van der Waals surface area contributed by atoms with E-state index in [0.29, 0.717) is 6.54 Å². The molecule has 3 aliphatic rings. The number of fused-ring (bicyclic) bond motifs is 2. The monoisotopic (exact) mass is 545 g/mol. The number of nitrogens with zero attached hydrogens (tertiary/aromatic N) is 3. The van der Waals surface area contributed by atoms with Crippen LogP contribution in [0.3, 0.4) is 0 Å². The van der Waals surface area contributed by atoms with Crippen molar-refractivity contribution >= 4 is 37.5 Å². The summed E-state index contributed by atoms with van der Waals surface area (Å²) in [4.78, 5) is 20.5. The largest absolute Gasteiger partial charge is 0.334 e. The third kappa shape index (κ3) is 4.68. The average molecular weight is 546 g/mol. The van der Waals surface area contributed by atoms with Gasteiger partial charge in [0.1, 0.15) is 6.04 Å². The highest BCUT2D eigenvalue weighted by Crippen LogP contribution is 2.52. The minimum Gasteiger partial charge on any atom is -0.334 e. The van der Waals surface area contributed by atoms with Crippen LogP contribution >= 0.6 is 11.3 Å². The van der Waals surface area contributed by atoms with Gasteiger partial charge in [0.15, 0.2) is 0 Å². The number of piperidine rings is 1. The Morgan fingerprint density at radius 2 is 1.89 bits per heavy atom. The van der Waals surface area contributed by atoms with E-state index in [1.54, 1.807) is 34.7 Å². The van der Waals surface area contributed by atoms with E-state index < -0.39 is 22.0 Å². The first-order valence-electron chi connectivity index (χ1n) is 12.7. The van der Waals surface area contributed by atoms with E-state index in [0.717, 1.165) is 27.8 Å². The lowest BCUT2D eigenvalue weighted by Gasteiger charge is -2.39. The molecular formula is C27H29F2N3O3S2. The molecule has 0 radical (unpaired) electrons. The number of benzene rings is 2. The summed E-state index contributed by atoms with van der Waals surface area (Å²) in [6.45, 7) is 2.45. The predicted molar refractivity (Wildman–Crippen MR) is 138 cm³/mol. The van der Waals surface area contributed by atoms with Gasteiger partial charge in [0, 0.05) is 32.0 Å². The third-order valence-electron chi connectivity index (χ3n) is 8.15. The molecule has 2 aromatic carbocycles. The molecule has 2 aliphatic carbocycles. The Morgan fingerprint density at radius 1 is 1.16 bits per heavy atom. The van der Waals surface area contributed by atoms with E-state index in [4.69, 9.17) is 0 Å². The fraction of sp³-hybridized carbons (Fsp3) is 0.481. The van der Waals surface area contributed by atoms with Crippen LogP contribution in [0, 0.1) is 18.8 Å². The van der Waals surface area contributed by atoms with Crippen molar-refractivity contribution in [3.8, 4) is 0 Å². The Labute approximate surface area is 219 Å². The number of hydrogen-bond donors (Lipinski definition) is 0. The summed E-state index contributed by atoms with van der Waals surface area (Å²) in [7, 11) is -3.87. The number of hydrogen-bond acceptors (Lipinski definition) is 5. The van der Waals surface area contributed by atoms with Crippen molar-refractivity contribution in [2.24, 2.45) is 11.8 Å². The van der Waals surface area contributed by atoms with Gasteiger partial charge in [-0.25, -0.2) is 22.2 Å². The molecule has 1 aromatic heterocycles. The second-order valence-corrected chi connectivity index (χ2v) is 13.5. The molecule has 37 heavy (non-hydrogen) atoms. The quantitative estimate of drug-likeness (QED) is 0.426. The minimum atomic E-state index is -3.87. The molecule has 1 aliphatic heterocycles. The maximum absolute atomic E-state index is 14.2. The fourth-order valence-corrected chi connectivity index (χ4v) is 8.26. The summed E-state index contributed by atoms with van der Waals surface area (Å²) in [6.07, 6.45) is 0.674. The van der Waals surface area contributed by atoms with Gasteiger partial charge in [-0.3, -0.25) is 4.79 Å². The Hall–Kier alpha value is -2.43. The Morgan fingerprint density at radius 3 is 2.62 bits per heavy atom. The first-order valence-corrected chi connectivity index (χ1v) is 15.0. The zero-order valence-electron chi connectivity index (χ0n) is 20.5. The molecule has 6 nitrogen and oxygen atoms in total. The Kier molecular flexibility index (Phi) is 6.12. The predicted octanol–water partition coefficient (Wildman–Crippen LogP) is 5.22. The lowest BCUT2D eigenvalue weighted by molar-refractivity contribution is -0.141. The smallest absolute Gasteiger partial charge is 0.248 e. The maximum Gasteiger partial charge on any atom is 0.248 e. The highest BCUT2D eigenvalue weighted by molar-refractivity contribution is 7.89. The highest BCUT2D eigenvalue weighted by atomic mass is 32.2. The van der Waals surface area contributed by atoms with Gasteiger partial charge in [0.25, 0.3) is 0 Å². The fourth-order valence-electron chi connectivity index (χ4n) is 5.92. The molecule has 0 N–H and O–H groups in total. The van der Waals surface area contributed by atoms with Gasteiger partial charge in [-0.2, -0.15) is 4.31 Å². The van der Waals surface area contributed by atoms with Gasteiger partial charge in [-0.05, 0) is 67.9 Å². The van der Waals surface area contributed by atoms with Gasteiger partial charge < -0.3 is 4.90 Å². The summed E-state index contributed by atoms with van der Waals surface area (Å²) in [5, 5.41) is 0. The van der Waals surface area contributed by atoms with E-state index in [1.165, 1.54) is 15.6 Å². The topological polar surface area (TPSA) is 70.6 Å². The molecule has 1 saturated heterocycles. The number of aromatic nitrogens is 1. The number of carbonyl (C=O) groups is 1. The normalized spacial score (nSPS) is 25.8. The molecule has 2 saturated carbocycles. The average Bonchev–Trinajstić information content (AvgIpc) is 3.29. The number of carbonyl (C=O) groups excluding carboxylic acids is 1. The van der Waals surface area contributed by atoms with Gasteiger partial charge in [-0.15, -0.1) is 11.3 Å². The van der Waals surface area contributed by atoms with Crippen molar-refractivity contribution < 1.29 is 22.0 Å². The molecule has 1 amide bonds. The molecule has 10 heteroatoms. The SMILES string of the molecule is Cc1ccc(S(=O)(=O)N2C[C@@H]3C[C@@H]3[C@H]2C(=O)N(Cc2ccc3scnc3c2)C2CCC(F)(F)CC2)cc1. The second-order valence-electron chi connectivity index (χ2n) is 10.7. The zero-order valence-corrected chi connectivity index (χ0v) is 22.1. The summed E-state index contributed by atoms with van der Waals surface area (Å²) in [6, 6.07) is 11.3. The second kappa shape index (κ2) is 9.10. The van der Waals surface area contributed by atoms with Crippen molar-refractivity contribution in [1.29, 1.82) is 0 Å². The third-order valence-corrected chi connectivity index (χ3v) is 10.8. The van der Waals surface area contributed by atoms with Crippen LogP contribution in [0.5, 0.6) is 0 Å². The number of halogens is 2. The molecule has 6 rings (SSSR count). The standard InChI is InChI=1S/C27H29F2N3O3S2/c1-17-2-5-21(6-3-17)37(34,35)32-15-19-13-22(19)25(32)26(33)31(20-8-10-27(28,29)11-9-20)14-18-4-7-24-23(12-18)30-16-36-24/h2-7,12,16,19-20,22,25H,8-11,13-15H2,1H3/t19-,22-,25-/m0/s1. The van der Waals surface area contributed by atoms with Crippen LogP contribution in [0.2, 0.25) is 0 Å². The molecule has 3 fully saturated rings. The van der Waals surface area contributed by atoms with E-state index in [2.05, 4.69) is 4.98 Å². The molecule has 0 spiro atoms. The summed E-state index contributed by atoms with van der Waals surface area (Å²) in [5.41, 5.74) is 4.41. The van der Waals surface area contributed by atoms with Crippen molar-refractivity contribution in [1.82, 2.24) is 14.2 Å². The first kappa shape index (κ1) is 24.9. The van der Waals surface area contributed by atoms with Crippen LogP contribution in [-0.4, -0.2) is 53.1 Å². The van der Waals surface area contributed by atoms with Crippen LogP contribution in [0.15, 0.2) is 52.9 Å². The van der Waals surface area contributed by atoms with Crippen LogP contribution in [0.4, 0.5) is 8.78 Å². The summed E-state index contributed by atoms with van der Waals surface area (Å²) in [5.74, 6) is -2.85. The van der Waals surface area contributed by atoms with Crippen molar-refractivity contribution in [3.05, 3.63) is 59.1 Å². The number of sulfonamides is 1. The van der Waals surface area contributed by atoms with Gasteiger partial charge >= 0.3 is 0 Å². The lowest BCUT2D eigenvalue weighted by atomic mass is 9.90. The first-order chi connectivity index (χ1) is 17.6. The highest BCUT2D eigenvalue weighted by Gasteiger charge is 2.60. The molecule has 0 bridgehead atoms. The lowest BCUT2D eigenvalue weighted by Crippen LogP contribution is -2.53. The van der Waals surface area contributed by atoms with Gasteiger partial charge in [0.2, 0.25) is 21.9 Å². The van der Waals surface area contributed by atoms with Crippen LogP contribution in [0.1, 0.15) is 43.2 Å². The minimum absolute atomic E-state index is 0.0266. The van der Waals surface area contributed by atoms with Gasteiger partial charge in [0.05, 0.1) is 20.6 Å². The van der Waals surface area contributed by atoms with E-state index in [9.17, 15) is 22.0 Å². The molecule has 196 valence electrons. The van der Waals surface area contributed by atoms with Crippen LogP contribution < -0.4 is 0 Å². The number of alkyl halides is 2. The van der Waals surface area contributed by atoms with Crippen LogP contribution in [0.25, 0.3) is 10.2 Å². The van der Waals surface area contributed by atoms with E-state index in [1.807, 2.05) is 25.1 Å². The molecule has 3 aromatic rings. The van der Waals surface area contributed by atoms with Crippen LogP contribution in [-0.2, 0) is 21.4 Å². The van der Waals surface area contributed by atoms with Crippen molar-refractivity contribution in [3.63, 3.8) is 0 Å². The molecular weight excluding hydrogens is 516 g/mol. The number of thiazole rings is 1. The maximum atomic E-state index is 14.2. The Balaban J connectivity index is 1.32. The van der Waals surface area contributed by atoms with Crippen molar-refractivity contribution in [2.45, 2.75) is 68.5 Å². The van der Waals surface area contributed by atoms with E-state index in [-0.39, 0.29) is 60.9 Å². The zero-order chi connectivity index (χ0) is 25.9. The summed E-state index contributed by atoms with van der Waals surface area (Å²) < 4.78 is 57.7. The number of rotatable bonds is 6. The summed E-state index contributed by atoms with van der Waals surface area (Å²) >= 11 is 1.53. The molecule has 0 unspecified atom stereocenters. The molecule has 3 atom stereocenters. The Bertz CT molecular complexity index is 1430. The van der Waals surface area contributed by atoms with E-state index >= 15 is 0 Å². The molecule has 2 heterocycles. The van der Waals surface area contributed by atoms with Crippen molar-refractivity contribution in [2.75, 3.05) is 6.54 Å². The number of aryl methyl sites for hydroxylation is 1. The van der Waals surface area contributed by atoms with Gasteiger partial charge in [-0.1, -0.05) is 23.8 Å². The number of amides is 1.